The summed E-state index contributed by atoms with van der Waals surface area (Å²) in [6.07, 6.45) is 5.31. The molecule has 1 aromatic heterocycles. The van der Waals surface area contributed by atoms with Gasteiger partial charge in [0.1, 0.15) is 17.5 Å². The van der Waals surface area contributed by atoms with Crippen molar-refractivity contribution >= 4 is 11.7 Å². The zero-order valence-electron chi connectivity index (χ0n) is 15.3. The van der Waals surface area contributed by atoms with Gasteiger partial charge in [-0.2, -0.15) is 4.39 Å². The van der Waals surface area contributed by atoms with Gasteiger partial charge in [0.25, 0.3) is 0 Å². The van der Waals surface area contributed by atoms with Crippen LogP contribution in [0.25, 0.3) is 0 Å². The van der Waals surface area contributed by atoms with Crippen molar-refractivity contribution in [3.8, 4) is 0 Å². The normalized spacial score (nSPS) is 21.8. The van der Waals surface area contributed by atoms with Crippen LogP contribution in [0.3, 0.4) is 0 Å². The predicted octanol–water partition coefficient (Wildman–Crippen LogP) is 3.77. The first kappa shape index (κ1) is 18.3. The number of hydrogen-bond donors (Lipinski definition) is 2. The molecule has 0 bridgehead atoms. The number of halogens is 2. The van der Waals surface area contributed by atoms with E-state index in [2.05, 4.69) is 15.3 Å². The minimum atomic E-state index is -0.512. The molecule has 5 nitrogen and oxygen atoms in total. The molecule has 144 valence electrons. The van der Waals surface area contributed by atoms with Crippen molar-refractivity contribution in [2.45, 2.75) is 24.9 Å². The van der Waals surface area contributed by atoms with Gasteiger partial charge in [0, 0.05) is 6.54 Å². The summed E-state index contributed by atoms with van der Waals surface area (Å²) in [5, 5.41) is 11.6. The van der Waals surface area contributed by atoms with Gasteiger partial charge in [0.15, 0.2) is 0 Å². The van der Waals surface area contributed by atoms with Crippen molar-refractivity contribution in [2.75, 3.05) is 13.1 Å². The Morgan fingerprint density at radius 2 is 2.07 bits per heavy atom. The first-order valence-corrected chi connectivity index (χ1v) is 9.32. The fourth-order valence-electron chi connectivity index (χ4n) is 3.71. The maximum atomic E-state index is 13.6. The molecule has 1 aromatic carbocycles. The molecule has 2 unspecified atom stereocenters. The first-order chi connectivity index (χ1) is 13.6. The molecule has 4 rings (SSSR count). The molecule has 2 aliphatic heterocycles. The summed E-state index contributed by atoms with van der Waals surface area (Å²) in [6.45, 7) is 1.24. The lowest BCUT2D eigenvalue weighted by molar-refractivity contribution is 0.398. The molecule has 2 atom stereocenters. The Morgan fingerprint density at radius 1 is 1.21 bits per heavy atom. The number of nitrogens with one attached hydrogen (secondary N) is 2. The largest absolute Gasteiger partial charge is 0.360 e. The fraction of sp³-hybridized carbons (Fsp3) is 0.286. The van der Waals surface area contributed by atoms with Gasteiger partial charge < -0.3 is 10.2 Å². The lowest BCUT2D eigenvalue weighted by Gasteiger charge is -2.26. The third-order valence-corrected chi connectivity index (χ3v) is 5.05. The Kier molecular flexibility index (Phi) is 5.14. The number of aromatic nitrogens is 1. The van der Waals surface area contributed by atoms with Crippen molar-refractivity contribution in [1.29, 1.82) is 5.41 Å². The SMILES string of the molecule is N=C(/C=C\C1=NCC(c2cccc(F)n2)N1)N1CCCC1c1cccc(F)c1. The molecule has 2 N–H and O–H groups in total. The molecule has 28 heavy (non-hydrogen) atoms. The van der Waals surface area contributed by atoms with E-state index in [1.165, 1.54) is 12.1 Å². The number of benzene rings is 1. The van der Waals surface area contributed by atoms with Crippen molar-refractivity contribution in [1.82, 2.24) is 15.2 Å². The molecule has 0 amide bonds. The Morgan fingerprint density at radius 3 is 2.89 bits per heavy atom. The minimum absolute atomic E-state index is 0.00979. The van der Waals surface area contributed by atoms with Crippen molar-refractivity contribution < 1.29 is 8.78 Å². The summed E-state index contributed by atoms with van der Waals surface area (Å²) in [4.78, 5) is 10.3. The van der Waals surface area contributed by atoms with Crippen molar-refractivity contribution in [3.63, 3.8) is 0 Å². The number of rotatable bonds is 4. The van der Waals surface area contributed by atoms with Gasteiger partial charge in [-0.1, -0.05) is 18.2 Å². The number of nitrogens with zero attached hydrogens (tertiary/aromatic N) is 3. The van der Waals surface area contributed by atoms with E-state index < -0.39 is 5.95 Å². The second kappa shape index (κ2) is 7.88. The van der Waals surface area contributed by atoms with E-state index in [1.807, 2.05) is 11.0 Å². The smallest absolute Gasteiger partial charge is 0.213 e. The Labute approximate surface area is 162 Å². The van der Waals surface area contributed by atoms with Gasteiger partial charge in [-0.25, -0.2) is 9.37 Å². The highest BCUT2D eigenvalue weighted by atomic mass is 19.1. The average molecular weight is 381 g/mol. The molecule has 0 aliphatic carbocycles. The quantitative estimate of drug-likeness (QED) is 0.481. The monoisotopic (exact) mass is 381 g/mol. The third kappa shape index (κ3) is 3.93. The van der Waals surface area contributed by atoms with Crippen molar-refractivity contribution in [3.05, 3.63) is 77.6 Å². The highest BCUT2D eigenvalue weighted by Gasteiger charge is 2.27. The first-order valence-electron chi connectivity index (χ1n) is 9.32. The number of hydrogen-bond acceptors (Lipinski definition) is 4. The summed E-state index contributed by atoms with van der Waals surface area (Å²) in [6, 6.07) is 11.1. The van der Waals surface area contributed by atoms with E-state index in [9.17, 15) is 8.78 Å². The summed E-state index contributed by atoms with van der Waals surface area (Å²) in [7, 11) is 0. The number of pyridine rings is 1. The van der Waals surface area contributed by atoms with Crippen LogP contribution in [0, 0.1) is 17.2 Å². The lowest BCUT2D eigenvalue weighted by Crippen LogP contribution is -2.29. The van der Waals surface area contributed by atoms with Gasteiger partial charge >= 0.3 is 0 Å². The van der Waals surface area contributed by atoms with E-state index in [4.69, 9.17) is 5.41 Å². The molecule has 7 heteroatoms. The average Bonchev–Trinajstić information content (AvgIpc) is 3.36. The van der Waals surface area contributed by atoms with Crippen LogP contribution in [-0.2, 0) is 0 Å². The molecule has 0 radical (unpaired) electrons. The van der Waals surface area contributed by atoms with Gasteiger partial charge in [-0.3, -0.25) is 10.4 Å². The zero-order valence-corrected chi connectivity index (χ0v) is 15.3. The molecule has 3 heterocycles. The Hall–Kier alpha value is -3.09. The second-order valence-corrected chi connectivity index (χ2v) is 6.93. The summed E-state index contributed by atoms with van der Waals surface area (Å²) >= 11 is 0. The van der Waals surface area contributed by atoms with E-state index in [1.54, 1.807) is 36.4 Å². The van der Waals surface area contributed by atoms with E-state index in [0.29, 0.717) is 23.9 Å². The van der Waals surface area contributed by atoms with Crippen LogP contribution in [0.2, 0.25) is 0 Å². The van der Waals surface area contributed by atoms with Crippen molar-refractivity contribution in [2.24, 2.45) is 4.99 Å². The maximum Gasteiger partial charge on any atom is 0.213 e. The third-order valence-electron chi connectivity index (χ3n) is 5.05. The van der Waals surface area contributed by atoms with Gasteiger partial charge in [0.2, 0.25) is 5.95 Å². The molecule has 0 saturated carbocycles. The molecule has 0 spiro atoms. The van der Waals surface area contributed by atoms with E-state index in [-0.39, 0.29) is 17.9 Å². The van der Waals surface area contributed by atoms with Gasteiger partial charge in [0.05, 0.1) is 24.3 Å². The molecular weight excluding hydrogens is 360 g/mol. The van der Waals surface area contributed by atoms with Crippen LogP contribution in [0.5, 0.6) is 0 Å². The van der Waals surface area contributed by atoms with Crippen LogP contribution >= 0.6 is 0 Å². The number of aliphatic imine (C=N–C) groups is 1. The Bertz CT molecular complexity index is 940. The molecule has 1 fully saturated rings. The van der Waals surface area contributed by atoms with Crippen LogP contribution < -0.4 is 5.32 Å². The van der Waals surface area contributed by atoms with Crippen LogP contribution in [0.4, 0.5) is 8.78 Å². The molecular formula is C21H21F2N5. The minimum Gasteiger partial charge on any atom is -0.360 e. The predicted molar refractivity (Wildman–Crippen MR) is 104 cm³/mol. The standard InChI is InChI=1S/C21H21F2N5/c22-15-5-1-4-14(12-15)18-7-3-11-28(18)20(24)9-10-21-25-13-17(27-21)16-6-2-8-19(23)26-16/h1-2,4-6,8-10,12,17-18,24H,3,7,11,13H2,(H,25,27)/b10-9-,24-20?. The van der Waals surface area contributed by atoms with Crippen LogP contribution in [0.15, 0.2) is 59.6 Å². The second-order valence-electron chi connectivity index (χ2n) is 6.93. The number of likely N-dealkylation sites (tertiary alicyclic amines) is 1. The zero-order chi connectivity index (χ0) is 19.5. The highest BCUT2D eigenvalue weighted by molar-refractivity contribution is 6.01. The molecule has 1 saturated heterocycles. The topological polar surface area (TPSA) is 64.4 Å². The maximum absolute atomic E-state index is 13.6. The van der Waals surface area contributed by atoms with Gasteiger partial charge in [-0.15, -0.1) is 0 Å². The molecule has 2 aromatic rings. The van der Waals surface area contributed by atoms with Gasteiger partial charge in [-0.05, 0) is 54.8 Å². The van der Waals surface area contributed by atoms with E-state index in [0.717, 1.165) is 24.9 Å². The van der Waals surface area contributed by atoms with Crippen LogP contribution in [-0.4, -0.2) is 34.6 Å². The fourth-order valence-corrected chi connectivity index (χ4v) is 3.71. The lowest BCUT2D eigenvalue weighted by atomic mass is 10.0. The summed E-state index contributed by atoms with van der Waals surface area (Å²) < 4.78 is 26.9. The highest BCUT2D eigenvalue weighted by Crippen LogP contribution is 2.32. The summed E-state index contributed by atoms with van der Waals surface area (Å²) in [5.74, 6) is 0.237. The van der Waals surface area contributed by atoms with E-state index >= 15 is 0 Å². The Balaban J connectivity index is 1.40. The number of amidine groups is 2. The van der Waals surface area contributed by atoms with Crippen LogP contribution in [0.1, 0.15) is 36.2 Å². The summed E-state index contributed by atoms with van der Waals surface area (Å²) in [5.41, 5.74) is 1.50. The molecule has 2 aliphatic rings.